The standard InChI is InChI=1S/C23H26N2O3/c1-3-16(2)22(18-7-5-4-6-8-18)23(28)24-19-11-9-17(10-12-19)15-25-20(26)13-14-21(25)27/h4-12,16,22H,3,13-15H2,1-2H3,(H,24,28). The van der Waals surface area contributed by atoms with Crippen LogP contribution >= 0.6 is 0 Å². The Kier molecular flexibility index (Phi) is 6.24. The molecule has 1 aliphatic heterocycles. The van der Waals surface area contributed by atoms with Crippen molar-refractivity contribution < 1.29 is 14.4 Å². The Morgan fingerprint density at radius 1 is 1.00 bits per heavy atom. The van der Waals surface area contributed by atoms with E-state index >= 15 is 0 Å². The van der Waals surface area contributed by atoms with Crippen LogP contribution in [0.5, 0.6) is 0 Å². The minimum Gasteiger partial charge on any atom is -0.326 e. The van der Waals surface area contributed by atoms with Crippen LogP contribution in [0.3, 0.4) is 0 Å². The Labute approximate surface area is 165 Å². The number of benzene rings is 2. The number of carbonyl (C=O) groups is 3. The fourth-order valence-electron chi connectivity index (χ4n) is 3.53. The molecule has 5 heteroatoms. The number of carbonyl (C=O) groups excluding carboxylic acids is 3. The maximum atomic E-state index is 13.0. The van der Waals surface area contributed by atoms with Crippen molar-refractivity contribution in [1.29, 1.82) is 0 Å². The third-order valence-corrected chi connectivity index (χ3v) is 5.37. The third kappa shape index (κ3) is 4.47. The topological polar surface area (TPSA) is 66.5 Å². The smallest absolute Gasteiger partial charge is 0.232 e. The first-order valence-corrected chi connectivity index (χ1v) is 9.77. The van der Waals surface area contributed by atoms with Crippen molar-refractivity contribution in [2.45, 2.75) is 45.6 Å². The molecule has 0 aromatic heterocycles. The number of amides is 3. The molecule has 1 heterocycles. The van der Waals surface area contributed by atoms with Crippen molar-refractivity contribution in [1.82, 2.24) is 4.90 Å². The zero-order valence-corrected chi connectivity index (χ0v) is 16.4. The van der Waals surface area contributed by atoms with E-state index in [1.807, 2.05) is 54.6 Å². The van der Waals surface area contributed by atoms with E-state index in [0.717, 1.165) is 17.5 Å². The molecule has 28 heavy (non-hydrogen) atoms. The lowest BCUT2D eigenvalue weighted by atomic mass is 9.85. The molecule has 2 aromatic carbocycles. The molecule has 0 radical (unpaired) electrons. The Morgan fingerprint density at radius 2 is 1.61 bits per heavy atom. The van der Waals surface area contributed by atoms with Crippen molar-refractivity contribution in [3.8, 4) is 0 Å². The van der Waals surface area contributed by atoms with Crippen molar-refractivity contribution in [3.63, 3.8) is 0 Å². The van der Waals surface area contributed by atoms with Gasteiger partial charge in [-0.15, -0.1) is 0 Å². The first-order valence-electron chi connectivity index (χ1n) is 9.77. The Balaban J connectivity index is 1.69. The normalized spacial score (nSPS) is 16.1. The fraction of sp³-hybridized carbons (Fsp3) is 0.348. The molecule has 0 spiro atoms. The highest BCUT2D eigenvalue weighted by Gasteiger charge is 2.29. The molecule has 3 amide bonds. The monoisotopic (exact) mass is 378 g/mol. The van der Waals surface area contributed by atoms with Gasteiger partial charge in [-0.3, -0.25) is 19.3 Å². The Bertz CT molecular complexity index is 830. The van der Waals surface area contributed by atoms with E-state index in [1.165, 1.54) is 4.90 Å². The second kappa shape index (κ2) is 8.83. The van der Waals surface area contributed by atoms with Gasteiger partial charge < -0.3 is 5.32 Å². The Hall–Kier alpha value is -2.95. The average Bonchev–Trinajstić information content (AvgIpc) is 3.02. The lowest BCUT2D eigenvalue weighted by molar-refractivity contribution is -0.139. The predicted octanol–water partition coefficient (Wildman–Crippen LogP) is 4.10. The van der Waals surface area contributed by atoms with Gasteiger partial charge >= 0.3 is 0 Å². The van der Waals surface area contributed by atoms with E-state index in [9.17, 15) is 14.4 Å². The summed E-state index contributed by atoms with van der Waals surface area (Å²) in [6, 6.07) is 17.1. The molecule has 5 nitrogen and oxygen atoms in total. The fourth-order valence-corrected chi connectivity index (χ4v) is 3.53. The molecule has 1 fully saturated rings. The lowest BCUT2D eigenvalue weighted by Gasteiger charge is -2.23. The summed E-state index contributed by atoms with van der Waals surface area (Å²) >= 11 is 0. The lowest BCUT2D eigenvalue weighted by Crippen LogP contribution is -2.28. The van der Waals surface area contributed by atoms with Gasteiger partial charge in [0, 0.05) is 18.5 Å². The first-order chi connectivity index (χ1) is 13.5. The van der Waals surface area contributed by atoms with Crippen LogP contribution in [0.15, 0.2) is 54.6 Å². The minimum atomic E-state index is -0.217. The summed E-state index contributed by atoms with van der Waals surface area (Å²) in [5.74, 6) is -0.277. The molecule has 0 saturated carbocycles. The summed E-state index contributed by atoms with van der Waals surface area (Å²) in [5, 5.41) is 3.01. The van der Waals surface area contributed by atoms with Gasteiger partial charge in [0.05, 0.1) is 12.5 Å². The summed E-state index contributed by atoms with van der Waals surface area (Å²) in [5.41, 5.74) is 2.58. The quantitative estimate of drug-likeness (QED) is 0.738. The van der Waals surface area contributed by atoms with Crippen LogP contribution in [0.1, 0.15) is 50.2 Å². The molecule has 1 aliphatic rings. The van der Waals surface area contributed by atoms with E-state index in [0.29, 0.717) is 18.5 Å². The molecule has 1 saturated heterocycles. The summed E-state index contributed by atoms with van der Waals surface area (Å²) < 4.78 is 0. The molecule has 0 bridgehead atoms. The predicted molar refractivity (Wildman–Crippen MR) is 109 cm³/mol. The highest BCUT2D eigenvalue weighted by molar-refractivity contribution is 6.01. The summed E-state index contributed by atoms with van der Waals surface area (Å²) in [6.45, 7) is 4.46. The molecule has 146 valence electrons. The van der Waals surface area contributed by atoms with E-state index in [2.05, 4.69) is 19.2 Å². The largest absolute Gasteiger partial charge is 0.326 e. The number of nitrogens with one attached hydrogen (secondary N) is 1. The number of rotatable bonds is 7. The van der Waals surface area contributed by atoms with Gasteiger partial charge in [0.1, 0.15) is 0 Å². The summed E-state index contributed by atoms with van der Waals surface area (Å²) in [4.78, 5) is 37.8. The third-order valence-electron chi connectivity index (χ3n) is 5.37. The van der Waals surface area contributed by atoms with Crippen molar-refractivity contribution in [3.05, 3.63) is 65.7 Å². The van der Waals surface area contributed by atoms with E-state index in [-0.39, 0.29) is 36.1 Å². The van der Waals surface area contributed by atoms with Gasteiger partial charge in [-0.1, -0.05) is 62.7 Å². The van der Waals surface area contributed by atoms with Gasteiger partial charge in [0.2, 0.25) is 17.7 Å². The molecule has 2 unspecified atom stereocenters. The van der Waals surface area contributed by atoms with Gasteiger partial charge in [-0.05, 0) is 29.2 Å². The Morgan fingerprint density at radius 3 is 2.18 bits per heavy atom. The SMILES string of the molecule is CCC(C)C(C(=O)Nc1ccc(CN2C(=O)CCC2=O)cc1)c1ccccc1. The first kappa shape index (κ1) is 19.8. The van der Waals surface area contributed by atoms with Crippen LogP contribution in [0.25, 0.3) is 0 Å². The summed E-state index contributed by atoms with van der Waals surface area (Å²) in [7, 11) is 0. The number of anilines is 1. The summed E-state index contributed by atoms with van der Waals surface area (Å²) in [6.07, 6.45) is 1.50. The van der Waals surface area contributed by atoms with Gasteiger partial charge in [0.15, 0.2) is 0 Å². The van der Waals surface area contributed by atoms with Crippen LogP contribution in [-0.4, -0.2) is 22.6 Å². The molecule has 3 rings (SSSR count). The zero-order valence-electron chi connectivity index (χ0n) is 16.4. The van der Waals surface area contributed by atoms with Crippen molar-refractivity contribution in [2.75, 3.05) is 5.32 Å². The molecular weight excluding hydrogens is 352 g/mol. The van der Waals surface area contributed by atoms with Crippen molar-refractivity contribution >= 4 is 23.4 Å². The molecule has 2 aromatic rings. The zero-order chi connectivity index (χ0) is 20.1. The highest BCUT2D eigenvalue weighted by Crippen LogP contribution is 2.28. The maximum Gasteiger partial charge on any atom is 0.232 e. The number of likely N-dealkylation sites (tertiary alicyclic amines) is 1. The molecule has 2 atom stereocenters. The van der Waals surface area contributed by atoms with Gasteiger partial charge in [0.25, 0.3) is 0 Å². The van der Waals surface area contributed by atoms with E-state index < -0.39 is 0 Å². The number of nitrogens with zero attached hydrogens (tertiary/aromatic N) is 1. The van der Waals surface area contributed by atoms with E-state index in [4.69, 9.17) is 0 Å². The average molecular weight is 378 g/mol. The van der Waals surface area contributed by atoms with Crippen LogP contribution in [0.4, 0.5) is 5.69 Å². The number of hydrogen-bond acceptors (Lipinski definition) is 3. The highest BCUT2D eigenvalue weighted by atomic mass is 16.2. The number of imide groups is 1. The van der Waals surface area contributed by atoms with Gasteiger partial charge in [-0.25, -0.2) is 0 Å². The molecule has 0 aliphatic carbocycles. The maximum absolute atomic E-state index is 13.0. The van der Waals surface area contributed by atoms with Gasteiger partial charge in [-0.2, -0.15) is 0 Å². The van der Waals surface area contributed by atoms with Crippen molar-refractivity contribution in [2.24, 2.45) is 5.92 Å². The van der Waals surface area contributed by atoms with Crippen LogP contribution in [-0.2, 0) is 20.9 Å². The second-order valence-corrected chi connectivity index (χ2v) is 7.33. The second-order valence-electron chi connectivity index (χ2n) is 7.33. The van der Waals surface area contributed by atoms with Crippen LogP contribution in [0, 0.1) is 5.92 Å². The van der Waals surface area contributed by atoms with Crippen LogP contribution < -0.4 is 5.32 Å². The van der Waals surface area contributed by atoms with Crippen LogP contribution in [0.2, 0.25) is 0 Å². The minimum absolute atomic E-state index is 0.0294. The van der Waals surface area contributed by atoms with E-state index in [1.54, 1.807) is 0 Å². The number of hydrogen-bond donors (Lipinski definition) is 1. The molecule has 1 N–H and O–H groups in total. The molecular formula is C23H26N2O3.